The van der Waals surface area contributed by atoms with Crippen LogP contribution in [0.1, 0.15) is 25.7 Å². The maximum absolute atomic E-state index is 11.8. The third-order valence-corrected chi connectivity index (χ3v) is 3.77. The minimum atomic E-state index is -0.0395. The molecule has 2 rings (SSSR count). The fourth-order valence-corrected chi connectivity index (χ4v) is 2.47. The molecule has 1 amide bonds. The number of benzene rings is 1. The monoisotopic (exact) mass is 361 g/mol. The van der Waals surface area contributed by atoms with E-state index in [1.807, 2.05) is 0 Å². The smallest absolute Gasteiger partial charge is 0.224 e. The number of ether oxygens (including phenoxy) is 2. The lowest BCUT2D eigenvalue weighted by Crippen LogP contribution is -2.11. The normalized spacial score (nSPS) is 13.7. The number of unbranched alkanes of at least 4 members (excludes halogenated alkanes) is 1. The first-order valence-corrected chi connectivity index (χ1v) is 8.15. The summed E-state index contributed by atoms with van der Waals surface area (Å²) in [6.45, 7) is 1.22. The molecule has 0 bridgehead atoms. The highest BCUT2D eigenvalue weighted by molar-refractivity contribution is 9.09. The average molecular weight is 363 g/mol. The Bertz CT molecular complexity index is 482. The van der Waals surface area contributed by atoms with E-state index in [9.17, 15) is 4.79 Å². The van der Waals surface area contributed by atoms with E-state index in [1.165, 1.54) is 0 Å². The van der Waals surface area contributed by atoms with E-state index >= 15 is 0 Å². The lowest BCUT2D eigenvalue weighted by Gasteiger charge is -2.12. The lowest BCUT2D eigenvalue weighted by molar-refractivity contribution is -0.116. The molecule has 0 aromatic heterocycles. The number of carbonyl (C=O) groups is 1. The molecular weight excluding hydrogens is 346 g/mol. The number of amides is 1. The molecule has 6 heteroatoms. The minimum Gasteiger partial charge on any atom is -0.490 e. The summed E-state index contributed by atoms with van der Waals surface area (Å²) in [5.74, 6) is 1.22. The second kappa shape index (κ2) is 7.74. The van der Waals surface area contributed by atoms with Gasteiger partial charge in [0.05, 0.1) is 23.9 Å². The number of fused-ring (bicyclic) bond motifs is 1. The van der Waals surface area contributed by atoms with Gasteiger partial charge in [-0.1, -0.05) is 27.5 Å². The van der Waals surface area contributed by atoms with Crippen molar-refractivity contribution in [1.82, 2.24) is 0 Å². The van der Waals surface area contributed by atoms with Crippen molar-refractivity contribution in [3.63, 3.8) is 0 Å². The van der Waals surface area contributed by atoms with Crippen LogP contribution in [-0.4, -0.2) is 24.5 Å². The van der Waals surface area contributed by atoms with Crippen LogP contribution in [0.3, 0.4) is 0 Å². The molecular formula is C14H17BrClNO3. The molecule has 0 fully saturated rings. The molecule has 0 unspecified atom stereocenters. The fourth-order valence-electron chi connectivity index (χ4n) is 1.87. The molecule has 1 aliphatic rings. The summed E-state index contributed by atoms with van der Waals surface area (Å²) in [6.07, 6.45) is 3.14. The van der Waals surface area contributed by atoms with Gasteiger partial charge >= 0.3 is 0 Å². The Morgan fingerprint density at radius 1 is 1.25 bits per heavy atom. The summed E-state index contributed by atoms with van der Waals surface area (Å²) in [4.78, 5) is 11.8. The van der Waals surface area contributed by atoms with Crippen LogP contribution >= 0.6 is 27.5 Å². The van der Waals surface area contributed by atoms with Crippen LogP contribution in [0.4, 0.5) is 5.69 Å². The predicted octanol–water partition coefficient (Wildman–Crippen LogP) is 4.01. The second-order valence-electron chi connectivity index (χ2n) is 4.52. The number of halogens is 2. The van der Waals surface area contributed by atoms with Gasteiger partial charge in [0.25, 0.3) is 0 Å². The highest BCUT2D eigenvalue weighted by Gasteiger charge is 2.15. The van der Waals surface area contributed by atoms with E-state index in [0.29, 0.717) is 41.8 Å². The molecule has 0 saturated carbocycles. The van der Waals surface area contributed by atoms with Crippen molar-refractivity contribution in [3.05, 3.63) is 17.2 Å². The molecule has 1 aromatic rings. The molecule has 0 radical (unpaired) electrons. The van der Waals surface area contributed by atoms with Crippen LogP contribution < -0.4 is 14.8 Å². The summed E-state index contributed by atoms with van der Waals surface area (Å²) in [5, 5.41) is 4.19. The van der Waals surface area contributed by atoms with Gasteiger partial charge in [-0.05, 0) is 12.8 Å². The molecule has 1 aromatic carbocycles. The van der Waals surface area contributed by atoms with Crippen LogP contribution in [0.25, 0.3) is 0 Å². The number of anilines is 1. The largest absolute Gasteiger partial charge is 0.490 e. The van der Waals surface area contributed by atoms with Crippen LogP contribution in [0, 0.1) is 0 Å². The van der Waals surface area contributed by atoms with E-state index in [-0.39, 0.29) is 5.91 Å². The van der Waals surface area contributed by atoms with E-state index in [4.69, 9.17) is 21.1 Å². The first-order chi connectivity index (χ1) is 9.70. The van der Waals surface area contributed by atoms with Gasteiger partial charge in [0.15, 0.2) is 11.5 Å². The molecule has 1 heterocycles. The zero-order chi connectivity index (χ0) is 14.4. The Morgan fingerprint density at radius 3 is 2.65 bits per heavy atom. The molecule has 110 valence electrons. The average Bonchev–Trinajstić information content (AvgIpc) is 2.64. The molecule has 1 aliphatic heterocycles. The van der Waals surface area contributed by atoms with E-state index in [1.54, 1.807) is 12.1 Å². The Balaban J connectivity index is 2.04. The third kappa shape index (κ3) is 4.28. The molecule has 1 N–H and O–H groups in total. The van der Waals surface area contributed by atoms with Gasteiger partial charge in [0.1, 0.15) is 0 Å². The van der Waals surface area contributed by atoms with Gasteiger partial charge in [-0.15, -0.1) is 0 Å². The second-order valence-corrected chi connectivity index (χ2v) is 5.72. The standard InChI is InChI=1S/C14H17BrClNO3/c15-5-2-1-4-14(18)17-11-9-13-12(8-10(11)16)19-6-3-7-20-13/h8-9H,1-7H2,(H,17,18). The van der Waals surface area contributed by atoms with Gasteiger partial charge in [-0.2, -0.15) is 0 Å². The van der Waals surface area contributed by atoms with Crippen LogP contribution in [0.15, 0.2) is 12.1 Å². The van der Waals surface area contributed by atoms with Crippen molar-refractivity contribution in [2.24, 2.45) is 0 Å². The van der Waals surface area contributed by atoms with Gasteiger partial charge in [0, 0.05) is 30.3 Å². The molecule has 0 saturated heterocycles. The Labute approximate surface area is 131 Å². The molecule has 4 nitrogen and oxygen atoms in total. The van der Waals surface area contributed by atoms with Crippen LogP contribution in [-0.2, 0) is 4.79 Å². The van der Waals surface area contributed by atoms with Gasteiger partial charge in [-0.25, -0.2) is 0 Å². The van der Waals surface area contributed by atoms with Crippen molar-refractivity contribution in [2.45, 2.75) is 25.7 Å². The fraction of sp³-hybridized carbons (Fsp3) is 0.500. The Kier molecular flexibility index (Phi) is 5.98. The third-order valence-electron chi connectivity index (χ3n) is 2.90. The highest BCUT2D eigenvalue weighted by Crippen LogP contribution is 2.37. The molecule has 0 atom stereocenters. The number of hydrogen-bond donors (Lipinski definition) is 1. The zero-order valence-electron chi connectivity index (χ0n) is 11.1. The number of alkyl halides is 1. The lowest BCUT2D eigenvalue weighted by atomic mass is 10.2. The first kappa shape index (κ1) is 15.4. The Morgan fingerprint density at radius 2 is 1.95 bits per heavy atom. The SMILES string of the molecule is O=C(CCCCBr)Nc1cc2c(cc1Cl)OCCCO2. The highest BCUT2D eigenvalue weighted by atomic mass is 79.9. The number of nitrogens with one attached hydrogen (secondary N) is 1. The van der Waals surface area contributed by atoms with Crippen LogP contribution in [0.2, 0.25) is 5.02 Å². The van der Waals surface area contributed by atoms with E-state index < -0.39 is 0 Å². The summed E-state index contributed by atoms with van der Waals surface area (Å²) in [6, 6.07) is 3.42. The maximum Gasteiger partial charge on any atom is 0.224 e. The topological polar surface area (TPSA) is 47.6 Å². The van der Waals surface area contributed by atoms with Crippen molar-refractivity contribution < 1.29 is 14.3 Å². The van der Waals surface area contributed by atoms with Crippen molar-refractivity contribution in [2.75, 3.05) is 23.9 Å². The minimum absolute atomic E-state index is 0.0395. The number of hydrogen-bond acceptors (Lipinski definition) is 3. The quantitative estimate of drug-likeness (QED) is 0.636. The van der Waals surface area contributed by atoms with Crippen molar-refractivity contribution in [3.8, 4) is 11.5 Å². The summed E-state index contributed by atoms with van der Waals surface area (Å²) < 4.78 is 11.1. The van der Waals surface area contributed by atoms with Crippen molar-refractivity contribution in [1.29, 1.82) is 0 Å². The molecule has 20 heavy (non-hydrogen) atoms. The zero-order valence-corrected chi connectivity index (χ0v) is 13.4. The van der Waals surface area contributed by atoms with Gasteiger partial charge in [-0.3, -0.25) is 4.79 Å². The van der Waals surface area contributed by atoms with Crippen LogP contribution in [0.5, 0.6) is 11.5 Å². The first-order valence-electron chi connectivity index (χ1n) is 6.65. The van der Waals surface area contributed by atoms with E-state index in [2.05, 4.69) is 21.2 Å². The summed E-state index contributed by atoms with van der Waals surface area (Å²) in [5.41, 5.74) is 0.569. The van der Waals surface area contributed by atoms with Gasteiger partial charge < -0.3 is 14.8 Å². The molecule has 0 aliphatic carbocycles. The Hall–Kier alpha value is -0.940. The maximum atomic E-state index is 11.8. The predicted molar refractivity (Wildman–Crippen MR) is 83.3 cm³/mol. The molecule has 0 spiro atoms. The summed E-state index contributed by atoms with van der Waals surface area (Å²) >= 11 is 9.51. The van der Waals surface area contributed by atoms with Crippen molar-refractivity contribution >= 4 is 39.1 Å². The summed E-state index contributed by atoms with van der Waals surface area (Å²) in [7, 11) is 0. The number of rotatable bonds is 5. The van der Waals surface area contributed by atoms with E-state index in [0.717, 1.165) is 24.6 Å². The van der Waals surface area contributed by atoms with Gasteiger partial charge in [0.2, 0.25) is 5.91 Å². The number of carbonyl (C=O) groups excluding carboxylic acids is 1.